The van der Waals surface area contributed by atoms with Crippen LogP contribution < -0.4 is 4.74 Å². The van der Waals surface area contributed by atoms with Crippen molar-refractivity contribution in [2.45, 2.75) is 58.0 Å². The molecule has 0 heterocycles. The number of ether oxygens (including phenoxy) is 1. The lowest BCUT2D eigenvalue weighted by Crippen LogP contribution is -2.29. The third kappa shape index (κ3) is 3.56. The summed E-state index contributed by atoms with van der Waals surface area (Å²) in [6.07, 6.45) is 7.46. The SMILES string of the molecule is CC1CCC2CC(c3cc(F)c4cc(OC(F)F)ccc4c3)CCC2C1. The second-order valence-electron chi connectivity index (χ2n) is 8.21. The maximum atomic E-state index is 14.7. The Balaban J connectivity index is 1.57. The average Bonchev–Trinajstić information content (AvgIpc) is 2.61. The minimum atomic E-state index is -2.90. The Bertz CT molecular complexity index is 788. The molecule has 0 aromatic heterocycles. The first-order valence-electron chi connectivity index (χ1n) is 9.67. The summed E-state index contributed by atoms with van der Waals surface area (Å²) >= 11 is 0. The topological polar surface area (TPSA) is 9.23 Å². The molecule has 4 unspecified atom stereocenters. The van der Waals surface area contributed by atoms with Crippen molar-refractivity contribution in [2.24, 2.45) is 17.8 Å². The predicted molar refractivity (Wildman–Crippen MR) is 97.1 cm³/mol. The number of benzene rings is 2. The monoisotopic (exact) mass is 362 g/mol. The second kappa shape index (κ2) is 7.13. The zero-order chi connectivity index (χ0) is 18.3. The Labute approximate surface area is 152 Å². The first-order valence-corrected chi connectivity index (χ1v) is 9.67. The molecule has 0 saturated heterocycles. The first kappa shape index (κ1) is 17.7. The fourth-order valence-electron chi connectivity index (χ4n) is 5.15. The molecule has 2 aromatic rings. The number of halogens is 3. The number of rotatable bonds is 3. The Morgan fingerprint density at radius 3 is 2.54 bits per heavy atom. The van der Waals surface area contributed by atoms with Gasteiger partial charge in [-0.15, -0.1) is 0 Å². The van der Waals surface area contributed by atoms with Crippen LogP contribution in [0.25, 0.3) is 10.8 Å². The van der Waals surface area contributed by atoms with E-state index >= 15 is 0 Å². The predicted octanol–water partition coefficient (Wildman–Crippen LogP) is 6.90. The Hall–Kier alpha value is -1.71. The highest BCUT2D eigenvalue weighted by molar-refractivity contribution is 5.85. The van der Waals surface area contributed by atoms with Gasteiger partial charge in [0.15, 0.2) is 0 Å². The van der Waals surface area contributed by atoms with Gasteiger partial charge < -0.3 is 4.74 Å². The molecule has 0 N–H and O–H groups in total. The molecule has 2 aromatic carbocycles. The molecule has 0 bridgehead atoms. The van der Waals surface area contributed by atoms with Crippen molar-refractivity contribution in [2.75, 3.05) is 0 Å². The van der Waals surface area contributed by atoms with Crippen molar-refractivity contribution in [1.82, 2.24) is 0 Å². The van der Waals surface area contributed by atoms with Crippen LogP contribution in [0.1, 0.15) is 56.9 Å². The minimum absolute atomic E-state index is 0.00372. The summed E-state index contributed by atoms with van der Waals surface area (Å²) < 4.78 is 43.8. The van der Waals surface area contributed by atoms with Gasteiger partial charge in [0.25, 0.3) is 0 Å². The van der Waals surface area contributed by atoms with Gasteiger partial charge in [-0.1, -0.05) is 25.5 Å². The number of hydrogen-bond donors (Lipinski definition) is 0. The molecule has 2 aliphatic carbocycles. The maximum Gasteiger partial charge on any atom is 0.387 e. The Morgan fingerprint density at radius 2 is 1.73 bits per heavy atom. The molecule has 0 radical (unpaired) electrons. The summed E-state index contributed by atoms with van der Waals surface area (Å²) in [5, 5.41) is 1.09. The quantitative estimate of drug-likeness (QED) is 0.577. The van der Waals surface area contributed by atoms with Crippen molar-refractivity contribution in [3.8, 4) is 5.75 Å². The van der Waals surface area contributed by atoms with E-state index in [-0.39, 0.29) is 11.6 Å². The van der Waals surface area contributed by atoms with E-state index in [1.165, 1.54) is 37.8 Å². The van der Waals surface area contributed by atoms with E-state index in [0.717, 1.165) is 41.5 Å². The number of hydrogen-bond acceptors (Lipinski definition) is 1. The molecule has 4 rings (SSSR count). The lowest BCUT2D eigenvalue weighted by atomic mass is 9.64. The largest absolute Gasteiger partial charge is 0.435 e. The van der Waals surface area contributed by atoms with E-state index in [2.05, 4.69) is 11.7 Å². The fraction of sp³-hybridized carbons (Fsp3) is 0.545. The van der Waals surface area contributed by atoms with Crippen LogP contribution in [-0.4, -0.2) is 6.61 Å². The maximum absolute atomic E-state index is 14.7. The molecule has 2 aliphatic rings. The second-order valence-corrected chi connectivity index (χ2v) is 8.21. The Morgan fingerprint density at radius 1 is 0.962 bits per heavy atom. The van der Waals surface area contributed by atoms with Crippen LogP contribution in [0.4, 0.5) is 13.2 Å². The summed E-state index contributed by atoms with van der Waals surface area (Å²) in [5.41, 5.74) is 1.05. The third-order valence-corrected chi connectivity index (χ3v) is 6.47. The highest BCUT2D eigenvalue weighted by Gasteiger charge is 2.35. The van der Waals surface area contributed by atoms with Gasteiger partial charge in [-0.3, -0.25) is 0 Å². The number of fused-ring (bicyclic) bond motifs is 2. The molecule has 0 spiro atoms. The van der Waals surface area contributed by atoms with Crippen LogP contribution in [0.2, 0.25) is 0 Å². The number of alkyl halides is 2. The van der Waals surface area contributed by atoms with E-state index in [1.807, 2.05) is 6.07 Å². The lowest BCUT2D eigenvalue weighted by Gasteiger charge is -2.41. The van der Waals surface area contributed by atoms with Gasteiger partial charge in [0, 0.05) is 5.39 Å². The lowest BCUT2D eigenvalue weighted by molar-refractivity contribution is -0.0497. The zero-order valence-corrected chi connectivity index (χ0v) is 15.1. The van der Waals surface area contributed by atoms with Crippen LogP contribution >= 0.6 is 0 Å². The van der Waals surface area contributed by atoms with Crippen LogP contribution in [0, 0.1) is 23.6 Å². The van der Waals surface area contributed by atoms with Crippen LogP contribution in [0.5, 0.6) is 5.75 Å². The summed E-state index contributed by atoms with van der Waals surface area (Å²) in [7, 11) is 0. The normalized spacial score (nSPS) is 29.0. The van der Waals surface area contributed by atoms with E-state index < -0.39 is 6.61 Å². The molecule has 1 nitrogen and oxygen atoms in total. The smallest absolute Gasteiger partial charge is 0.387 e. The van der Waals surface area contributed by atoms with Crippen molar-refractivity contribution in [3.05, 3.63) is 41.7 Å². The van der Waals surface area contributed by atoms with Crippen molar-refractivity contribution in [1.29, 1.82) is 0 Å². The molecular formula is C22H25F3O. The average molecular weight is 362 g/mol. The summed E-state index contributed by atoms with van der Waals surface area (Å²) in [4.78, 5) is 0. The van der Waals surface area contributed by atoms with Crippen molar-refractivity contribution in [3.63, 3.8) is 0 Å². The molecule has 4 heteroatoms. The van der Waals surface area contributed by atoms with Crippen LogP contribution in [-0.2, 0) is 0 Å². The standard InChI is InChI=1S/C22H25F3O/c1-13-2-3-15-9-16(5-4-14(15)8-13)18-10-17-6-7-19(26-22(24)25)12-20(17)21(23)11-18/h6-7,10-16,22H,2-5,8-9H2,1H3. The summed E-state index contributed by atoms with van der Waals surface area (Å²) in [6.45, 7) is -0.546. The molecule has 2 fully saturated rings. The molecule has 26 heavy (non-hydrogen) atoms. The minimum Gasteiger partial charge on any atom is -0.435 e. The van der Waals surface area contributed by atoms with Crippen LogP contribution in [0.15, 0.2) is 30.3 Å². The Kier molecular flexibility index (Phi) is 4.85. The van der Waals surface area contributed by atoms with Gasteiger partial charge in [0.2, 0.25) is 0 Å². The molecule has 140 valence electrons. The molecule has 2 saturated carbocycles. The highest BCUT2D eigenvalue weighted by atomic mass is 19.3. The van der Waals surface area contributed by atoms with Crippen molar-refractivity contribution >= 4 is 10.8 Å². The molecule has 0 aliphatic heterocycles. The molecule has 0 amide bonds. The van der Waals surface area contributed by atoms with Crippen molar-refractivity contribution < 1.29 is 17.9 Å². The van der Waals surface area contributed by atoms with E-state index in [4.69, 9.17) is 0 Å². The van der Waals surface area contributed by atoms with Gasteiger partial charge in [-0.2, -0.15) is 8.78 Å². The first-order chi connectivity index (χ1) is 12.5. The van der Waals surface area contributed by atoms with Gasteiger partial charge in [-0.25, -0.2) is 4.39 Å². The van der Waals surface area contributed by atoms with Gasteiger partial charge in [-0.05, 0) is 84.9 Å². The highest BCUT2D eigenvalue weighted by Crippen LogP contribution is 2.47. The third-order valence-electron chi connectivity index (χ3n) is 6.47. The molecule has 4 atom stereocenters. The summed E-state index contributed by atoms with van der Waals surface area (Å²) in [5.74, 6) is 2.50. The van der Waals surface area contributed by atoms with Gasteiger partial charge in [0.05, 0.1) is 0 Å². The van der Waals surface area contributed by atoms with E-state index in [9.17, 15) is 13.2 Å². The van der Waals surface area contributed by atoms with Crippen LogP contribution in [0.3, 0.4) is 0 Å². The van der Waals surface area contributed by atoms with Gasteiger partial charge in [0.1, 0.15) is 11.6 Å². The van der Waals surface area contributed by atoms with Gasteiger partial charge >= 0.3 is 6.61 Å². The van der Waals surface area contributed by atoms with E-state index in [1.54, 1.807) is 12.1 Å². The zero-order valence-electron chi connectivity index (χ0n) is 15.1. The molecular weight excluding hydrogens is 337 g/mol. The summed E-state index contributed by atoms with van der Waals surface area (Å²) in [6, 6.07) is 8.15. The fourth-order valence-corrected chi connectivity index (χ4v) is 5.15. The van der Waals surface area contributed by atoms with E-state index in [0.29, 0.717) is 11.3 Å².